The second-order valence-electron chi connectivity index (χ2n) is 4.68. The lowest BCUT2D eigenvalue weighted by Crippen LogP contribution is -2.23. The van der Waals surface area contributed by atoms with E-state index in [-0.39, 0.29) is 5.56 Å². The minimum Gasteiger partial charge on any atom is -0.361 e. The van der Waals surface area contributed by atoms with E-state index in [1.165, 1.54) is 6.20 Å². The van der Waals surface area contributed by atoms with E-state index in [0.29, 0.717) is 23.5 Å². The lowest BCUT2D eigenvalue weighted by Gasteiger charge is -2.17. The first-order valence-electron chi connectivity index (χ1n) is 6.12. The molecule has 0 aliphatic heterocycles. The zero-order valence-electron chi connectivity index (χ0n) is 11.4. The van der Waals surface area contributed by atoms with Gasteiger partial charge in [-0.05, 0) is 13.8 Å². The number of hydrogen-bond acceptors (Lipinski definition) is 6. The summed E-state index contributed by atoms with van der Waals surface area (Å²) in [6.07, 6.45) is 1.46. The molecule has 0 aliphatic rings. The molecule has 0 aliphatic carbocycles. The summed E-state index contributed by atoms with van der Waals surface area (Å²) in [5, 5.41) is 10.9. The summed E-state index contributed by atoms with van der Waals surface area (Å²) in [6, 6.07) is 0. The minimum atomic E-state index is -0.218. The highest BCUT2D eigenvalue weighted by Crippen LogP contribution is 2.17. The van der Waals surface area contributed by atoms with Gasteiger partial charge in [0, 0.05) is 12.6 Å². The fourth-order valence-corrected chi connectivity index (χ4v) is 2.05. The molecule has 0 spiro atoms. The SMILES string of the molecule is Cc1noc(C)c1CN(C)c1nc2[nH]ncc2c(=O)[nH]1. The monoisotopic (exact) mass is 274 g/mol. The Labute approximate surface area is 113 Å². The van der Waals surface area contributed by atoms with Gasteiger partial charge in [0.05, 0.1) is 18.4 Å². The van der Waals surface area contributed by atoms with Crippen molar-refractivity contribution >= 4 is 17.0 Å². The summed E-state index contributed by atoms with van der Waals surface area (Å²) in [4.78, 5) is 20.8. The Morgan fingerprint density at radius 3 is 2.90 bits per heavy atom. The number of nitrogens with zero attached hydrogens (tertiary/aromatic N) is 4. The van der Waals surface area contributed by atoms with Crippen molar-refractivity contribution in [3.05, 3.63) is 33.6 Å². The van der Waals surface area contributed by atoms with Crippen molar-refractivity contribution in [1.82, 2.24) is 25.3 Å². The van der Waals surface area contributed by atoms with Crippen LogP contribution in [0, 0.1) is 13.8 Å². The second kappa shape index (κ2) is 4.48. The third-order valence-corrected chi connectivity index (χ3v) is 3.24. The van der Waals surface area contributed by atoms with E-state index in [2.05, 4.69) is 25.3 Å². The summed E-state index contributed by atoms with van der Waals surface area (Å²) in [5.41, 5.74) is 2.07. The van der Waals surface area contributed by atoms with E-state index in [1.54, 1.807) is 0 Å². The Morgan fingerprint density at radius 2 is 2.20 bits per heavy atom. The molecular formula is C12H14N6O2. The maximum atomic E-state index is 11.9. The molecule has 2 N–H and O–H groups in total. The Kier molecular flexibility index (Phi) is 2.78. The summed E-state index contributed by atoms with van der Waals surface area (Å²) in [7, 11) is 1.84. The third kappa shape index (κ3) is 1.94. The highest BCUT2D eigenvalue weighted by Gasteiger charge is 2.14. The van der Waals surface area contributed by atoms with Crippen molar-refractivity contribution in [2.75, 3.05) is 11.9 Å². The Morgan fingerprint density at radius 1 is 1.40 bits per heavy atom. The number of nitrogens with one attached hydrogen (secondary N) is 2. The van der Waals surface area contributed by atoms with Crippen molar-refractivity contribution < 1.29 is 4.52 Å². The smallest absolute Gasteiger partial charge is 0.263 e. The first-order chi connectivity index (χ1) is 9.56. The number of aromatic amines is 2. The maximum absolute atomic E-state index is 11.9. The van der Waals surface area contributed by atoms with Gasteiger partial charge in [-0.25, -0.2) is 0 Å². The van der Waals surface area contributed by atoms with E-state index in [4.69, 9.17) is 4.52 Å². The fraction of sp³-hybridized carbons (Fsp3) is 0.333. The molecule has 0 unspecified atom stereocenters. The first kappa shape index (κ1) is 12.4. The van der Waals surface area contributed by atoms with Crippen LogP contribution in [0.2, 0.25) is 0 Å². The average molecular weight is 274 g/mol. The van der Waals surface area contributed by atoms with Gasteiger partial charge in [-0.2, -0.15) is 10.1 Å². The van der Waals surface area contributed by atoms with Crippen LogP contribution in [0.3, 0.4) is 0 Å². The zero-order chi connectivity index (χ0) is 14.3. The molecule has 0 amide bonds. The maximum Gasteiger partial charge on any atom is 0.263 e. The van der Waals surface area contributed by atoms with Crippen molar-refractivity contribution in [2.24, 2.45) is 0 Å². The molecule has 20 heavy (non-hydrogen) atoms. The molecular weight excluding hydrogens is 260 g/mol. The number of rotatable bonds is 3. The van der Waals surface area contributed by atoms with E-state index in [0.717, 1.165) is 17.0 Å². The molecule has 3 aromatic rings. The lowest BCUT2D eigenvalue weighted by atomic mass is 10.2. The van der Waals surface area contributed by atoms with Gasteiger partial charge < -0.3 is 9.42 Å². The molecule has 3 aromatic heterocycles. The Bertz CT molecular complexity index is 795. The van der Waals surface area contributed by atoms with Crippen LogP contribution >= 0.6 is 0 Å². The molecule has 8 nitrogen and oxygen atoms in total. The molecule has 0 aromatic carbocycles. The van der Waals surface area contributed by atoms with Crippen LogP contribution in [0.15, 0.2) is 15.5 Å². The number of aromatic nitrogens is 5. The molecule has 3 heterocycles. The molecule has 3 rings (SSSR count). The number of H-pyrrole nitrogens is 2. The van der Waals surface area contributed by atoms with Crippen LogP contribution in [-0.4, -0.2) is 32.4 Å². The molecule has 104 valence electrons. The highest BCUT2D eigenvalue weighted by molar-refractivity contribution is 5.73. The summed E-state index contributed by atoms with van der Waals surface area (Å²) in [6.45, 7) is 4.29. The van der Waals surface area contributed by atoms with E-state index in [1.807, 2.05) is 25.8 Å². The molecule has 0 saturated heterocycles. The molecule has 0 fully saturated rings. The van der Waals surface area contributed by atoms with E-state index < -0.39 is 0 Å². The topological polar surface area (TPSA) is 104 Å². The fourth-order valence-electron chi connectivity index (χ4n) is 2.05. The zero-order valence-corrected chi connectivity index (χ0v) is 11.4. The van der Waals surface area contributed by atoms with Gasteiger partial charge in [0.25, 0.3) is 5.56 Å². The molecule has 0 atom stereocenters. The van der Waals surface area contributed by atoms with E-state index >= 15 is 0 Å². The van der Waals surface area contributed by atoms with Crippen LogP contribution < -0.4 is 10.5 Å². The average Bonchev–Trinajstić information content (AvgIpc) is 3.00. The normalized spacial score (nSPS) is 11.2. The molecule has 8 heteroatoms. The predicted octanol–water partition coefficient (Wildman–Crippen LogP) is 0.887. The quantitative estimate of drug-likeness (QED) is 0.735. The van der Waals surface area contributed by atoms with Crippen LogP contribution in [0.25, 0.3) is 11.0 Å². The predicted molar refractivity (Wildman–Crippen MR) is 72.6 cm³/mol. The lowest BCUT2D eigenvalue weighted by molar-refractivity contribution is 0.392. The van der Waals surface area contributed by atoms with Crippen molar-refractivity contribution in [3.8, 4) is 0 Å². The van der Waals surface area contributed by atoms with Gasteiger partial charge in [0.1, 0.15) is 11.1 Å². The largest absolute Gasteiger partial charge is 0.361 e. The number of fused-ring (bicyclic) bond motifs is 1. The minimum absolute atomic E-state index is 0.218. The molecule has 0 radical (unpaired) electrons. The third-order valence-electron chi connectivity index (χ3n) is 3.24. The second-order valence-corrected chi connectivity index (χ2v) is 4.68. The van der Waals surface area contributed by atoms with Crippen LogP contribution in [0.4, 0.5) is 5.95 Å². The number of aryl methyl sites for hydroxylation is 2. The molecule has 0 bridgehead atoms. The summed E-state index contributed by atoms with van der Waals surface area (Å²) < 4.78 is 5.13. The Balaban J connectivity index is 1.96. The van der Waals surface area contributed by atoms with Gasteiger partial charge in [-0.3, -0.25) is 14.9 Å². The summed E-state index contributed by atoms with van der Waals surface area (Å²) in [5.74, 6) is 1.23. The van der Waals surface area contributed by atoms with Crippen LogP contribution in [0.5, 0.6) is 0 Å². The number of hydrogen-bond donors (Lipinski definition) is 2. The van der Waals surface area contributed by atoms with Crippen molar-refractivity contribution in [2.45, 2.75) is 20.4 Å². The van der Waals surface area contributed by atoms with Crippen molar-refractivity contribution in [1.29, 1.82) is 0 Å². The van der Waals surface area contributed by atoms with Crippen molar-refractivity contribution in [3.63, 3.8) is 0 Å². The number of anilines is 1. The van der Waals surface area contributed by atoms with Gasteiger partial charge in [0.15, 0.2) is 5.65 Å². The highest BCUT2D eigenvalue weighted by atomic mass is 16.5. The first-order valence-corrected chi connectivity index (χ1v) is 6.12. The van der Waals surface area contributed by atoms with Gasteiger partial charge in [0.2, 0.25) is 5.95 Å². The van der Waals surface area contributed by atoms with Gasteiger partial charge in [-0.15, -0.1) is 0 Å². The Hall–Kier alpha value is -2.64. The van der Waals surface area contributed by atoms with Gasteiger partial charge in [-0.1, -0.05) is 5.16 Å². The van der Waals surface area contributed by atoms with Gasteiger partial charge >= 0.3 is 0 Å². The molecule has 0 saturated carbocycles. The van der Waals surface area contributed by atoms with Crippen LogP contribution in [-0.2, 0) is 6.54 Å². The standard InChI is InChI=1S/C12H14N6O2/c1-6-9(7(2)20-17-6)5-18(3)12-14-10-8(4-13-16-10)11(19)15-12/h4H,5H2,1-3H3,(H2,13,14,15,16,19). The van der Waals surface area contributed by atoms with E-state index in [9.17, 15) is 4.79 Å². The van der Waals surface area contributed by atoms with Crippen LogP contribution in [0.1, 0.15) is 17.0 Å². The summed E-state index contributed by atoms with van der Waals surface area (Å²) >= 11 is 0.